The summed E-state index contributed by atoms with van der Waals surface area (Å²) in [4.78, 5) is 2.57. The van der Waals surface area contributed by atoms with Gasteiger partial charge in [0.25, 0.3) is 0 Å². The molecule has 3 heteroatoms. The molecule has 1 aromatic heterocycles. The van der Waals surface area contributed by atoms with Crippen molar-refractivity contribution in [2.45, 2.75) is 53.1 Å². The van der Waals surface area contributed by atoms with Gasteiger partial charge in [-0.25, -0.2) is 0 Å². The molecule has 0 aromatic carbocycles. The van der Waals surface area contributed by atoms with Crippen LogP contribution in [0.15, 0.2) is 10.5 Å². The van der Waals surface area contributed by atoms with E-state index in [2.05, 4.69) is 44.0 Å². The monoisotopic (exact) mass is 264 g/mol. The highest BCUT2D eigenvalue weighted by Crippen LogP contribution is 2.23. The molecule has 108 valence electrons. The van der Waals surface area contributed by atoms with Crippen molar-refractivity contribution in [3.63, 3.8) is 0 Å². The highest BCUT2D eigenvalue weighted by atomic mass is 16.3. The molecule has 1 aliphatic rings. The predicted octanol–water partition coefficient (Wildman–Crippen LogP) is 3.28. The maximum Gasteiger partial charge on any atom is 0.105 e. The number of hydrogen-bond acceptors (Lipinski definition) is 3. The van der Waals surface area contributed by atoms with Crippen molar-refractivity contribution in [3.05, 3.63) is 23.2 Å². The average Bonchev–Trinajstić information content (AvgIpc) is 2.93. The fourth-order valence-electron chi connectivity index (χ4n) is 3.03. The van der Waals surface area contributed by atoms with Gasteiger partial charge < -0.3 is 14.6 Å². The van der Waals surface area contributed by atoms with E-state index >= 15 is 0 Å². The van der Waals surface area contributed by atoms with E-state index in [1.807, 2.05) is 6.92 Å². The molecule has 0 saturated carbocycles. The number of likely N-dealkylation sites (tertiary alicyclic amines) is 1. The van der Waals surface area contributed by atoms with Crippen LogP contribution in [-0.4, -0.2) is 30.6 Å². The predicted molar refractivity (Wildman–Crippen MR) is 79.4 cm³/mol. The first kappa shape index (κ1) is 14.6. The molecule has 1 aliphatic heterocycles. The van der Waals surface area contributed by atoms with E-state index in [-0.39, 0.29) is 0 Å². The Labute approximate surface area is 117 Å². The third kappa shape index (κ3) is 3.61. The number of nitrogens with zero attached hydrogens (tertiary/aromatic N) is 1. The highest BCUT2D eigenvalue weighted by molar-refractivity contribution is 5.23. The summed E-state index contributed by atoms with van der Waals surface area (Å²) in [6.45, 7) is 14.5. The Kier molecular flexibility index (Phi) is 4.69. The van der Waals surface area contributed by atoms with E-state index < -0.39 is 0 Å². The first-order valence-corrected chi connectivity index (χ1v) is 7.51. The van der Waals surface area contributed by atoms with Crippen LogP contribution < -0.4 is 5.32 Å². The summed E-state index contributed by atoms with van der Waals surface area (Å²) in [7, 11) is 0. The molecule has 2 unspecified atom stereocenters. The van der Waals surface area contributed by atoms with Gasteiger partial charge >= 0.3 is 0 Å². The zero-order valence-electron chi connectivity index (χ0n) is 13.0. The molecule has 2 atom stereocenters. The molecule has 1 N–H and O–H groups in total. The van der Waals surface area contributed by atoms with Gasteiger partial charge in [0.05, 0.1) is 0 Å². The van der Waals surface area contributed by atoms with E-state index in [9.17, 15) is 0 Å². The van der Waals surface area contributed by atoms with Crippen molar-refractivity contribution < 1.29 is 4.42 Å². The van der Waals surface area contributed by atoms with E-state index in [0.717, 1.165) is 24.0 Å². The summed E-state index contributed by atoms with van der Waals surface area (Å²) in [6, 6.07) is 3.22. The first-order valence-electron chi connectivity index (χ1n) is 7.51. The standard InChI is InChI=1S/C16H28N2O/c1-11(2)18-7-6-15(10-18)9-17-13(4)16-8-12(3)19-14(16)5/h8,11,13,15,17H,6-7,9-10H2,1-5H3. The van der Waals surface area contributed by atoms with Gasteiger partial charge in [-0.15, -0.1) is 0 Å². The molecule has 0 aliphatic carbocycles. The van der Waals surface area contributed by atoms with E-state index in [1.165, 1.54) is 25.1 Å². The van der Waals surface area contributed by atoms with Gasteiger partial charge in [-0.1, -0.05) is 0 Å². The average molecular weight is 264 g/mol. The van der Waals surface area contributed by atoms with E-state index in [4.69, 9.17) is 4.42 Å². The van der Waals surface area contributed by atoms with Crippen LogP contribution in [0.2, 0.25) is 0 Å². The Balaban J connectivity index is 1.81. The van der Waals surface area contributed by atoms with Crippen LogP contribution in [0.25, 0.3) is 0 Å². The van der Waals surface area contributed by atoms with Crippen molar-refractivity contribution in [2.24, 2.45) is 5.92 Å². The van der Waals surface area contributed by atoms with Crippen LogP contribution in [0.5, 0.6) is 0 Å². The molecular formula is C16H28N2O. The lowest BCUT2D eigenvalue weighted by molar-refractivity contribution is 0.263. The van der Waals surface area contributed by atoms with E-state index in [0.29, 0.717) is 12.1 Å². The fourth-order valence-corrected chi connectivity index (χ4v) is 3.03. The third-order valence-electron chi connectivity index (χ3n) is 4.31. The Hall–Kier alpha value is -0.800. The summed E-state index contributed by atoms with van der Waals surface area (Å²) >= 11 is 0. The molecule has 0 bridgehead atoms. The largest absolute Gasteiger partial charge is 0.466 e. The Bertz CT molecular complexity index is 411. The molecule has 2 rings (SSSR count). The Morgan fingerprint density at radius 3 is 2.63 bits per heavy atom. The van der Waals surface area contributed by atoms with Crippen LogP contribution >= 0.6 is 0 Å². The van der Waals surface area contributed by atoms with Crippen molar-refractivity contribution >= 4 is 0 Å². The topological polar surface area (TPSA) is 28.4 Å². The van der Waals surface area contributed by atoms with Gasteiger partial charge in [-0.05, 0) is 66.1 Å². The van der Waals surface area contributed by atoms with Gasteiger partial charge in [0, 0.05) is 24.2 Å². The van der Waals surface area contributed by atoms with Gasteiger partial charge in [-0.3, -0.25) is 0 Å². The molecule has 1 fully saturated rings. The fraction of sp³-hybridized carbons (Fsp3) is 0.750. The summed E-state index contributed by atoms with van der Waals surface area (Å²) in [6.07, 6.45) is 1.32. The second-order valence-corrected chi connectivity index (χ2v) is 6.24. The van der Waals surface area contributed by atoms with E-state index in [1.54, 1.807) is 0 Å². The first-order chi connectivity index (χ1) is 8.97. The number of furan rings is 1. The minimum absolute atomic E-state index is 0.380. The lowest BCUT2D eigenvalue weighted by Gasteiger charge is -2.21. The third-order valence-corrected chi connectivity index (χ3v) is 4.31. The number of hydrogen-bond donors (Lipinski definition) is 1. The summed E-state index contributed by atoms with van der Waals surface area (Å²) < 4.78 is 5.61. The van der Waals surface area contributed by atoms with Gasteiger partial charge in [-0.2, -0.15) is 0 Å². The molecule has 1 saturated heterocycles. The quantitative estimate of drug-likeness (QED) is 0.884. The maximum atomic E-state index is 5.61. The summed E-state index contributed by atoms with van der Waals surface area (Å²) in [5.41, 5.74) is 1.30. The summed E-state index contributed by atoms with van der Waals surface area (Å²) in [5, 5.41) is 3.67. The van der Waals surface area contributed by atoms with Gasteiger partial charge in [0.15, 0.2) is 0 Å². The van der Waals surface area contributed by atoms with Crippen LogP contribution in [0.4, 0.5) is 0 Å². The van der Waals surface area contributed by atoms with Crippen molar-refractivity contribution in [3.8, 4) is 0 Å². The van der Waals surface area contributed by atoms with Crippen LogP contribution in [0.1, 0.15) is 50.3 Å². The zero-order chi connectivity index (χ0) is 14.0. The van der Waals surface area contributed by atoms with Crippen molar-refractivity contribution in [2.75, 3.05) is 19.6 Å². The second-order valence-electron chi connectivity index (χ2n) is 6.24. The van der Waals surface area contributed by atoms with Crippen molar-refractivity contribution in [1.82, 2.24) is 10.2 Å². The molecule has 0 spiro atoms. The van der Waals surface area contributed by atoms with Gasteiger partial charge in [0.2, 0.25) is 0 Å². The Morgan fingerprint density at radius 2 is 2.11 bits per heavy atom. The number of rotatable bonds is 5. The molecule has 0 amide bonds. The minimum Gasteiger partial charge on any atom is -0.466 e. The molecule has 1 aromatic rings. The van der Waals surface area contributed by atoms with Crippen LogP contribution in [0, 0.1) is 19.8 Å². The smallest absolute Gasteiger partial charge is 0.105 e. The lowest BCUT2D eigenvalue weighted by atomic mass is 10.1. The SMILES string of the molecule is Cc1cc(C(C)NCC2CCN(C(C)C)C2)c(C)o1. The Morgan fingerprint density at radius 1 is 1.37 bits per heavy atom. The summed E-state index contributed by atoms with van der Waals surface area (Å²) in [5.74, 6) is 2.85. The molecule has 3 nitrogen and oxygen atoms in total. The van der Waals surface area contributed by atoms with Gasteiger partial charge in [0.1, 0.15) is 11.5 Å². The van der Waals surface area contributed by atoms with Crippen molar-refractivity contribution in [1.29, 1.82) is 0 Å². The highest BCUT2D eigenvalue weighted by Gasteiger charge is 2.24. The molecule has 0 radical (unpaired) electrons. The maximum absolute atomic E-state index is 5.61. The minimum atomic E-state index is 0.380. The second kappa shape index (κ2) is 6.10. The lowest BCUT2D eigenvalue weighted by Crippen LogP contribution is -2.31. The zero-order valence-corrected chi connectivity index (χ0v) is 13.0. The molecule has 19 heavy (non-hydrogen) atoms. The van der Waals surface area contributed by atoms with Crippen LogP contribution in [0.3, 0.4) is 0 Å². The normalized spacial score (nSPS) is 22.3. The molecular weight excluding hydrogens is 236 g/mol. The number of aryl methyl sites for hydroxylation is 2. The number of nitrogens with one attached hydrogen (secondary N) is 1. The molecule has 2 heterocycles. The van der Waals surface area contributed by atoms with Crippen LogP contribution in [-0.2, 0) is 0 Å².